The normalized spacial score (nSPS) is 21.5. The zero-order valence-corrected chi connectivity index (χ0v) is 13.2. The van der Waals surface area contributed by atoms with Crippen LogP contribution in [-0.4, -0.2) is 41.3 Å². The second kappa shape index (κ2) is 7.06. The predicted octanol–water partition coefficient (Wildman–Crippen LogP) is 2.26. The monoisotopic (exact) mass is 316 g/mol. The molecule has 0 bridgehead atoms. The summed E-state index contributed by atoms with van der Waals surface area (Å²) in [7, 11) is 1.54. The van der Waals surface area contributed by atoms with Crippen molar-refractivity contribution in [2.24, 2.45) is 5.92 Å². The molecule has 5 heteroatoms. The van der Waals surface area contributed by atoms with E-state index in [1.54, 1.807) is 25.6 Å². The Kier molecular flexibility index (Phi) is 4.88. The molecule has 0 aliphatic carbocycles. The first-order valence-electron chi connectivity index (χ1n) is 7.77. The fourth-order valence-electron chi connectivity index (χ4n) is 3.18. The number of pyridine rings is 1. The number of rotatable bonds is 5. The molecule has 1 saturated heterocycles. The van der Waals surface area contributed by atoms with Crippen molar-refractivity contribution < 1.29 is 14.2 Å². The minimum Gasteiger partial charge on any atom is -0.496 e. The van der Waals surface area contributed by atoms with Crippen LogP contribution in [0.2, 0.25) is 0 Å². The van der Waals surface area contributed by atoms with Crippen molar-refractivity contribution in [3.05, 3.63) is 59.7 Å². The summed E-state index contributed by atoms with van der Waals surface area (Å²) >= 11 is 0. The van der Waals surface area contributed by atoms with Gasteiger partial charge in [-0.3, -0.25) is 9.88 Å². The molecule has 122 valence electrons. The van der Waals surface area contributed by atoms with Crippen LogP contribution >= 0.6 is 0 Å². The van der Waals surface area contributed by atoms with Gasteiger partial charge in [0.15, 0.2) is 0 Å². The second-order valence-corrected chi connectivity index (χ2v) is 6.04. The van der Waals surface area contributed by atoms with Crippen molar-refractivity contribution in [1.82, 2.24) is 9.88 Å². The van der Waals surface area contributed by atoms with Crippen LogP contribution in [0.15, 0.2) is 42.7 Å². The Morgan fingerprint density at radius 2 is 2.04 bits per heavy atom. The Labute approximate surface area is 135 Å². The summed E-state index contributed by atoms with van der Waals surface area (Å²) in [6.07, 6.45) is 4.03. The molecule has 2 aromatic rings. The third-order valence-electron chi connectivity index (χ3n) is 4.37. The molecule has 1 N–H and O–H groups in total. The summed E-state index contributed by atoms with van der Waals surface area (Å²) in [4.78, 5) is 6.21. The van der Waals surface area contributed by atoms with Crippen molar-refractivity contribution in [1.29, 1.82) is 0 Å². The Bertz CT molecular complexity index is 651. The lowest BCUT2D eigenvalue weighted by Gasteiger charge is -2.17. The zero-order valence-electron chi connectivity index (χ0n) is 13.2. The number of aromatic nitrogens is 1. The van der Waals surface area contributed by atoms with Gasteiger partial charge in [0.1, 0.15) is 11.6 Å². The number of hydrogen-bond donors (Lipinski definition) is 1. The number of halogens is 1. The number of nitrogens with zero attached hydrogens (tertiary/aromatic N) is 2. The van der Waals surface area contributed by atoms with E-state index in [2.05, 4.69) is 9.88 Å². The van der Waals surface area contributed by atoms with E-state index in [4.69, 9.17) is 4.74 Å². The molecule has 1 aliphatic rings. The second-order valence-electron chi connectivity index (χ2n) is 6.04. The molecular formula is C18H21FN2O2. The van der Waals surface area contributed by atoms with Crippen molar-refractivity contribution in [3.8, 4) is 5.75 Å². The van der Waals surface area contributed by atoms with E-state index in [1.165, 1.54) is 17.7 Å². The van der Waals surface area contributed by atoms with E-state index in [1.807, 2.05) is 12.1 Å². The van der Waals surface area contributed by atoms with E-state index in [9.17, 15) is 9.50 Å². The zero-order chi connectivity index (χ0) is 16.2. The third-order valence-corrected chi connectivity index (χ3v) is 4.37. The smallest absolute Gasteiger partial charge is 0.126 e. The Balaban J connectivity index is 1.65. The van der Waals surface area contributed by atoms with Crippen LogP contribution in [0.5, 0.6) is 5.75 Å². The van der Waals surface area contributed by atoms with Crippen LogP contribution in [0.25, 0.3) is 0 Å². The van der Waals surface area contributed by atoms with Gasteiger partial charge in [0.25, 0.3) is 0 Å². The maximum absolute atomic E-state index is 13.3. The molecule has 4 nitrogen and oxygen atoms in total. The van der Waals surface area contributed by atoms with Gasteiger partial charge < -0.3 is 9.84 Å². The van der Waals surface area contributed by atoms with Crippen LogP contribution in [0, 0.1) is 11.7 Å². The quantitative estimate of drug-likeness (QED) is 0.919. The van der Waals surface area contributed by atoms with E-state index in [0.29, 0.717) is 18.8 Å². The van der Waals surface area contributed by atoms with Gasteiger partial charge in [-0.2, -0.15) is 0 Å². The van der Waals surface area contributed by atoms with Gasteiger partial charge in [-0.15, -0.1) is 0 Å². The van der Waals surface area contributed by atoms with Crippen LogP contribution < -0.4 is 4.74 Å². The molecule has 3 rings (SSSR count). The number of methoxy groups -OCH3 is 1. The summed E-state index contributed by atoms with van der Waals surface area (Å²) in [5.41, 5.74) is 2.12. The van der Waals surface area contributed by atoms with E-state index >= 15 is 0 Å². The number of benzene rings is 1. The van der Waals surface area contributed by atoms with Gasteiger partial charge in [-0.25, -0.2) is 4.39 Å². The summed E-state index contributed by atoms with van der Waals surface area (Å²) in [5, 5.41) is 10.3. The molecule has 0 unspecified atom stereocenters. The van der Waals surface area contributed by atoms with Crippen molar-refractivity contribution in [3.63, 3.8) is 0 Å². The highest BCUT2D eigenvalue weighted by molar-refractivity contribution is 5.34. The SMILES string of the molecule is COc1cc(F)ccc1CN1C[C@@H](Cc2ccncc2)[C@H](O)C1. The largest absolute Gasteiger partial charge is 0.496 e. The molecule has 0 saturated carbocycles. The Hall–Kier alpha value is -1.98. The van der Waals surface area contributed by atoms with E-state index in [-0.39, 0.29) is 17.8 Å². The van der Waals surface area contributed by atoms with Crippen LogP contribution in [-0.2, 0) is 13.0 Å². The minimum absolute atomic E-state index is 0.198. The van der Waals surface area contributed by atoms with Crippen molar-refractivity contribution >= 4 is 0 Å². The van der Waals surface area contributed by atoms with E-state index < -0.39 is 0 Å². The Morgan fingerprint density at radius 3 is 2.78 bits per heavy atom. The first-order valence-corrected chi connectivity index (χ1v) is 7.77. The number of ether oxygens (including phenoxy) is 1. The molecule has 0 amide bonds. The van der Waals surface area contributed by atoms with Gasteiger partial charge in [-0.1, -0.05) is 6.07 Å². The molecule has 1 aliphatic heterocycles. The van der Waals surface area contributed by atoms with Crippen LogP contribution in [0.3, 0.4) is 0 Å². The van der Waals surface area contributed by atoms with Crippen molar-refractivity contribution in [2.75, 3.05) is 20.2 Å². The highest BCUT2D eigenvalue weighted by atomic mass is 19.1. The Morgan fingerprint density at radius 1 is 1.26 bits per heavy atom. The molecule has 1 aromatic heterocycles. The van der Waals surface area contributed by atoms with Gasteiger partial charge in [0.05, 0.1) is 13.2 Å². The fourth-order valence-corrected chi connectivity index (χ4v) is 3.18. The number of β-amino-alcohol motifs (C(OH)–C–C–N with tert-alkyl or cyclic N) is 1. The summed E-state index contributed by atoms with van der Waals surface area (Å²) < 4.78 is 18.5. The molecule has 2 heterocycles. The summed E-state index contributed by atoms with van der Waals surface area (Å²) in [5.74, 6) is 0.448. The van der Waals surface area contributed by atoms with E-state index in [0.717, 1.165) is 18.5 Å². The molecule has 23 heavy (non-hydrogen) atoms. The third kappa shape index (κ3) is 3.86. The number of likely N-dealkylation sites (tertiary alicyclic amines) is 1. The number of aliphatic hydroxyl groups excluding tert-OH is 1. The van der Waals surface area contributed by atoms with Gasteiger partial charge in [0.2, 0.25) is 0 Å². The predicted molar refractivity (Wildman–Crippen MR) is 85.7 cm³/mol. The maximum Gasteiger partial charge on any atom is 0.126 e. The molecule has 1 fully saturated rings. The highest BCUT2D eigenvalue weighted by Crippen LogP contribution is 2.26. The molecular weight excluding hydrogens is 295 g/mol. The van der Waals surface area contributed by atoms with Gasteiger partial charge in [-0.05, 0) is 30.2 Å². The maximum atomic E-state index is 13.3. The minimum atomic E-state index is -0.352. The average Bonchev–Trinajstić information content (AvgIpc) is 2.89. The number of aliphatic hydroxyl groups is 1. The summed E-state index contributed by atoms with van der Waals surface area (Å²) in [6, 6.07) is 8.56. The molecule has 1 aromatic carbocycles. The van der Waals surface area contributed by atoms with Crippen LogP contribution in [0.4, 0.5) is 4.39 Å². The van der Waals surface area contributed by atoms with Crippen molar-refractivity contribution in [2.45, 2.75) is 19.1 Å². The standard InChI is InChI=1S/C18H21FN2O2/c1-23-18-9-16(19)3-2-14(18)10-21-11-15(17(22)12-21)8-13-4-6-20-7-5-13/h2-7,9,15,17,22H,8,10-12H2,1H3/t15-,17-/m1/s1. The van der Waals surface area contributed by atoms with Gasteiger partial charge in [0, 0.05) is 49.6 Å². The lowest BCUT2D eigenvalue weighted by atomic mass is 9.97. The lowest BCUT2D eigenvalue weighted by Crippen LogP contribution is -2.21. The fraction of sp³-hybridized carbons (Fsp3) is 0.389. The topological polar surface area (TPSA) is 45.6 Å². The first kappa shape index (κ1) is 15.9. The number of hydrogen-bond acceptors (Lipinski definition) is 4. The summed E-state index contributed by atoms with van der Waals surface area (Å²) in [6.45, 7) is 2.08. The first-order chi connectivity index (χ1) is 11.2. The molecule has 2 atom stereocenters. The van der Waals surface area contributed by atoms with Gasteiger partial charge >= 0.3 is 0 Å². The molecule has 0 radical (unpaired) electrons. The highest BCUT2D eigenvalue weighted by Gasteiger charge is 2.31. The van der Waals surface area contributed by atoms with Crippen LogP contribution in [0.1, 0.15) is 11.1 Å². The molecule has 0 spiro atoms. The average molecular weight is 316 g/mol. The lowest BCUT2D eigenvalue weighted by molar-refractivity contribution is 0.141.